The van der Waals surface area contributed by atoms with E-state index in [0.29, 0.717) is 18.0 Å². The summed E-state index contributed by atoms with van der Waals surface area (Å²) in [6.07, 6.45) is 0. The van der Waals surface area contributed by atoms with Crippen molar-refractivity contribution in [2.75, 3.05) is 0 Å². The van der Waals surface area contributed by atoms with E-state index in [1.54, 1.807) is 11.3 Å². The summed E-state index contributed by atoms with van der Waals surface area (Å²) in [5.74, 6) is 0.226. The average molecular weight is 279 g/mol. The van der Waals surface area contributed by atoms with Crippen molar-refractivity contribution in [1.29, 1.82) is 0 Å². The third kappa shape index (κ3) is 3.55. The standard InChI is InChI=1S/C15H18FNOS/c1-10(2)15(14-4-3-7-19-14)17-9-11-8-12(16)5-6-13(11)18/h3-8,10,15,17-18H,9H2,1-2H3. The van der Waals surface area contributed by atoms with Crippen LogP contribution in [-0.4, -0.2) is 5.11 Å². The largest absolute Gasteiger partial charge is 0.508 e. The molecule has 2 aromatic rings. The summed E-state index contributed by atoms with van der Waals surface area (Å²) in [7, 11) is 0. The smallest absolute Gasteiger partial charge is 0.123 e. The molecule has 0 aliphatic rings. The van der Waals surface area contributed by atoms with Crippen LogP contribution in [0.4, 0.5) is 4.39 Å². The third-order valence-electron chi connectivity index (χ3n) is 3.07. The van der Waals surface area contributed by atoms with Crippen LogP contribution in [0.25, 0.3) is 0 Å². The third-order valence-corrected chi connectivity index (χ3v) is 4.03. The molecule has 0 spiro atoms. The van der Waals surface area contributed by atoms with E-state index in [9.17, 15) is 9.50 Å². The maximum absolute atomic E-state index is 13.2. The highest BCUT2D eigenvalue weighted by molar-refractivity contribution is 7.10. The molecular formula is C15H18FNOS. The van der Waals surface area contributed by atoms with Gasteiger partial charge in [0.15, 0.2) is 0 Å². The minimum Gasteiger partial charge on any atom is -0.508 e. The van der Waals surface area contributed by atoms with Gasteiger partial charge in [-0.3, -0.25) is 0 Å². The van der Waals surface area contributed by atoms with Gasteiger partial charge in [0.25, 0.3) is 0 Å². The second-order valence-corrected chi connectivity index (χ2v) is 5.87. The molecule has 19 heavy (non-hydrogen) atoms. The molecule has 1 aromatic heterocycles. The van der Waals surface area contributed by atoms with Crippen molar-refractivity contribution < 1.29 is 9.50 Å². The molecule has 2 N–H and O–H groups in total. The second kappa shape index (κ2) is 6.17. The van der Waals surface area contributed by atoms with Crippen LogP contribution in [0.2, 0.25) is 0 Å². The minimum atomic E-state index is -0.327. The molecule has 0 aliphatic heterocycles. The quantitative estimate of drug-likeness (QED) is 0.864. The topological polar surface area (TPSA) is 32.3 Å². The Morgan fingerprint density at radius 1 is 1.32 bits per heavy atom. The first-order valence-corrected chi connectivity index (χ1v) is 7.20. The molecule has 0 amide bonds. The number of hydrogen-bond donors (Lipinski definition) is 2. The van der Waals surface area contributed by atoms with Gasteiger partial charge in [-0.15, -0.1) is 11.3 Å². The maximum Gasteiger partial charge on any atom is 0.123 e. The lowest BCUT2D eigenvalue weighted by Gasteiger charge is -2.21. The second-order valence-electron chi connectivity index (χ2n) is 4.89. The van der Waals surface area contributed by atoms with E-state index in [0.717, 1.165) is 0 Å². The molecule has 102 valence electrons. The van der Waals surface area contributed by atoms with Crippen LogP contribution in [0, 0.1) is 11.7 Å². The Balaban J connectivity index is 2.09. The van der Waals surface area contributed by atoms with Gasteiger partial charge in [0.1, 0.15) is 11.6 Å². The first kappa shape index (κ1) is 14.0. The van der Waals surface area contributed by atoms with Gasteiger partial charge in [-0.1, -0.05) is 19.9 Å². The molecule has 0 radical (unpaired) electrons. The molecule has 0 saturated carbocycles. The lowest BCUT2D eigenvalue weighted by Crippen LogP contribution is -2.24. The normalized spacial score (nSPS) is 12.8. The van der Waals surface area contributed by atoms with E-state index in [1.165, 1.54) is 23.1 Å². The summed E-state index contributed by atoms with van der Waals surface area (Å²) in [6, 6.07) is 8.35. The van der Waals surface area contributed by atoms with Gasteiger partial charge >= 0.3 is 0 Å². The summed E-state index contributed by atoms with van der Waals surface area (Å²) in [4.78, 5) is 1.26. The zero-order valence-electron chi connectivity index (χ0n) is 11.1. The summed E-state index contributed by atoms with van der Waals surface area (Å²) < 4.78 is 13.2. The number of halogens is 1. The molecule has 4 heteroatoms. The van der Waals surface area contributed by atoms with Crippen LogP contribution in [0.5, 0.6) is 5.75 Å². The molecule has 1 atom stereocenters. The fourth-order valence-electron chi connectivity index (χ4n) is 2.05. The van der Waals surface area contributed by atoms with Crippen LogP contribution in [0.15, 0.2) is 35.7 Å². The zero-order valence-corrected chi connectivity index (χ0v) is 11.9. The highest BCUT2D eigenvalue weighted by atomic mass is 32.1. The minimum absolute atomic E-state index is 0.127. The summed E-state index contributed by atoms with van der Waals surface area (Å²) in [5.41, 5.74) is 0.585. The van der Waals surface area contributed by atoms with E-state index < -0.39 is 0 Å². The van der Waals surface area contributed by atoms with Crippen molar-refractivity contribution in [2.45, 2.75) is 26.4 Å². The molecule has 1 heterocycles. The number of nitrogens with one attached hydrogen (secondary N) is 1. The van der Waals surface area contributed by atoms with Gasteiger partial charge in [-0.05, 0) is 35.6 Å². The van der Waals surface area contributed by atoms with Crippen molar-refractivity contribution in [3.63, 3.8) is 0 Å². The molecule has 0 aliphatic carbocycles. The summed E-state index contributed by atoms with van der Waals surface area (Å²) in [5, 5.41) is 15.2. The number of phenolic OH excluding ortho intramolecular Hbond substituents is 1. The van der Waals surface area contributed by atoms with Gasteiger partial charge in [0, 0.05) is 23.0 Å². The van der Waals surface area contributed by atoms with Gasteiger partial charge < -0.3 is 10.4 Å². The maximum atomic E-state index is 13.2. The predicted molar refractivity (Wildman–Crippen MR) is 76.8 cm³/mol. The molecule has 2 nitrogen and oxygen atoms in total. The molecule has 0 saturated heterocycles. The van der Waals surface area contributed by atoms with Gasteiger partial charge in [0.2, 0.25) is 0 Å². The van der Waals surface area contributed by atoms with Gasteiger partial charge in [0.05, 0.1) is 0 Å². The zero-order chi connectivity index (χ0) is 13.8. The number of aromatic hydroxyl groups is 1. The number of thiophene rings is 1. The van der Waals surface area contributed by atoms with Crippen molar-refractivity contribution in [3.8, 4) is 5.75 Å². The molecule has 0 fully saturated rings. The average Bonchev–Trinajstić information content (AvgIpc) is 2.87. The van der Waals surface area contributed by atoms with E-state index in [4.69, 9.17) is 0 Å². The first-order chi connectivity index (χ1) is 9.08. The van der Waals surface area contributed by atoms with E-state index in [2.05, 4.69) is 25.2 Å². The van der Waals surface area contributed by atoms with Crippen molar-refractivity contribution in [1.82, 2.24) is 5.32 Å². The van der Waals surface area contributed by atoms with Crippen LogP contribution >= 0.6 is 11.3 Å². The Kier molecular flexibility index (Phi) is 4.56. The molecule has 2 rings (SSSR count). The molecule has 0 bridgehead atoms. The highest BCUT2D eigenvalue weighted by Crippen LogP contribution is 2.27. The monoisotopic (exact) mass is 279 g/mol. The molecule has 1 unspecified atom stereocenters. The van der Waals surface area contributed by atoms with Crippen LogP contribution in [-0.2, 0) is 6.54 Å². The Hall–Kier alpha value is -1.39. The predicted octanol–water partition coefficient (Wildman–Crippen LogP) is 4.08. The summed E-state index contributed by atoms with van der Waals surface area (Å²) >= 11 is 1.70. The van der Waals surface area contributed by atoms with Gasteiger partial charge in [-0.25, -0.2) is 4.39 Å². The van der Waals surface area contributed by atoms with E-state index in [1.807, 2.05) is 11.4 Å². The van der Waals surface area contributed by atoms with Crippen LogP contribution in [0.1, 0.15) is 30.3 Å². The van der Waals surface area contributed by atoms with Crippen LogP contribution < -0.4 is 5.32 Å². The Labute approximate surface area is 116 Å². The highest BCUT2D eigenvalue weighted by Gasteiger charge is 2.16. The van der Waals surface area contributed by atoms with Gasteiger partial charge in [-0.2, -0.15) is 0 Å². The van der Waals surface area contributed by atoms with Crippen molar-refractivity contribution in [2.24, 2.45) is 5.92 Å². The molecule has 1 aromatic carbocycles. The Morgan fingerprint density at radius 3 is 2.74 bits per heavy atom. The first-order valence-electron chi connectivity index (χ1n) is 6.32. The SMILES string of the molecule is CC(C)C(NCc1cc(F)ccc1O)c1cccs1. The summed E-state index contributed by atoms with van der Waals surface area (Å²) in [6.45, 7) is 4.73. The molecular weight excluding hydrogens is 261 g/mol. The fraction of sp³-hybridized carbons (Fsp3) is 0.333. The van der Waals surface area contributed by atoms with Crippen molar-refractivity contribution in [3.05, 3.63) is 52.0 Å². The lowest BCUT2D eigenvalue weighted by atomic mass is 10.0. The van der Waals surface area contributed by atoms with E-state index >= 15 is 0 Å². The number of rotatable bonds is 5. The van der Waals surface area contributed by atoms with Crippen LogP contribution in [0.3, 0.4) is 0 Å². The number of benzene rings is 1. The van der Waals surface area contributed by atoms with E-state index in [-0.39, 0.29) is 17.6 Å². The number of phenols is 1. The number of hydrogen-bond acceptors (Lipinski definition) is 3. The lowest BCUT2D eigenvalue weighted by molar-refractivity contribution is 0.406. The Morgan fingerprint density at radius 2 is 2.11 bits per heavy atom. The van der Waals surface area contributed by atoms with Crippen molar-refractivity contribution >= 4 is 11.3 Å². The fourth-order valence-corrected chi connectivity index (χ4v) is 3.02. The Bertz CT molecular complexity index is 525.